The Morgan fingerprint density at radius 2 is 2.00 bits per heavy atom. The summed E-state index contributed by atoms with van der Waals surface area (Å²) in [6.45, 7) is 2.70. The first-order chi connectivity index (χ1) is 14.2. The molecule has 0 bridgehead atoms. The Morgan fingerprint density at radius 3 is 2.86 bits per heavy atom. The van der Waals surface area contributed by atoms with E-state index in [1.54, 1.807) is 0 Å². The molecule has 0 N–H and O–H groups in total. The molecular weight excluding hydrogens is 360 g/mol. The number of carbonyl (C=O) groups excluding carboxylic acids is 1. The molecule has 1 spiro atoms. The topological polar surface area (TPSA) is 51.0 Å². The van der Waals surface area contributed by atoms with Crippen molar-refractivity contribution in [2.45, 2.75) is 50.5 Å². The predicted octanol–water partition coefficient (Wildman–Crippen LogP) is 4.16. The van der Waals surface area contributed by atoms with Gasteiger partial charge in [0.1, 0.15) is 0 Å². The van der Waals surface area contributed by atoms with E-state index in [2.05, 4.69) is 32.8 Å². The van der Waals surface area contributed by atoms with E-state index in [0.29, 0.717) is 11.8 Å². The van der Waals surface area contributed by atoms with Gasteiger partial charge in [-0.1, -0.05) is 24.6 Å². The van der Waals surface area contributed by atoms with E-state index in [9.17, 15) is 4.79 Å². The zero-order chi connectivity index (χ0) is 19.4. The Kier molecular flexibility index (Phi) is 3.80. The van der Waals surface area contributed by atoms with E-state index in [1.807, 2.05) is 24.4 Å². The van der Waals surface area contributed by atoms with Gasteiger partial charge >= 0.3 is 0 Å². The summed E-state index contributed by atoms with van der Waals surface area (Å²) in [5, 5.41) is 6.04. The highest BCUT2D eigenvalue weighted by Gasteiger charge is 2.47. The number of benzene rings is 1. The second kappa shape index (κ2) is 6.41. The third-order valence-corrected chi connectivity index (χ3v) is 7.41. The summed E-state index contributed by atoms with van der Waals surface area (Å²) < 4.78 is 2.17. The Morgan fingerprint density at radius 1 is 1.14 bits per heavy atom. The second-order valence-corrected chi connectivity index (χ2v) is 9.15. The molecule has 2 fully saturated rings. The fraction of sp³-hybridized carbons (Fsp3) is 0.458. The molecule has 1 amide bonds. The van der Waals surface area contributed by atoms with Crippen molar-refractivity contribution in [3.63, 3.8) is 0 Å². The molecule has 3 aromatic rings. The van der Waals surface area contributed by atoms with E-state index >= 15 is 0 Å². The zero-order valence-corrected chi connectivity index (χ0v) is 16.7. The fourth-order valence-electron chi connectivity index (χ4n) is 5.39. The maximum Gasteiger partial charge on any atom is 0.222 e. The van der Waals surface area contributed by atoms with Gasteiger partial charge in [0.2, 0.25) is 5.91 Å². The van der Waals surface area contributed by atoms with Crippen molar-refractivity contribution in [2.24, 2.45) is 5.92 Å². The molecule has 1 unspecified atom stereocenters. The number of aryl methyl sites for hydroxylation is 1. The van der Waals surface area contributed by atoms with Gasteiger partial charge in [-0.05, 0) is 49.8 Å². The number of hydrogen-bond donors (Lipinski definition) is 0. The van der Waals surface area contributed by atoms with Crippen LogP contribution in [0.1, 0.15) is 44.2 Å². The third kappa shape index (κ3) is 2.78. The molecule has 6 rings (SSSR count). The van der Waals surface area contributed by atoms with Gasteiger partial charge in [-0.15, -0.1) is 0 Å². The molecule has 1 atom stereocenters. The number of para-hydroxylation sites is 1. The summed E-state index contributed by atoms with van der Waals surface area (Å²) in [5.74, 6) is 1.00. The molecule has 1 saturated heterocycles. The first-order valence-electron chi connectivity index (χ1n) is 10.9. The minimum Gasteiger partial charge on any atom is -0.342 e. The summed E-state index contributed by atoms with van der Waals surface area (Å²) in [6, 6.07) is 12.6. The molecule has 3 aliphatic rings. The largest absolute Gasteiger partial charge is 0.342 e. The van der Waals surface area contributed by atoms with E-state index in [-0.39, 0.29) is 5.41 Å². The quantitative estimate of drug-likeness (QED) is 0.679. The number of fused-ring (bicyclic) bond motifs is 3. The highest BCUT2D eigenvalue weighted by Crippen LogP contribution is 2.44. The van der Waals surface area contributed by atoms with Gasteiger partial charge in [0.25, 0.3) is 0 Å². The lowest BCUT2D eigenvalue weighted by molar-refractivity contribution is -0.132. The standard InChI is InChI=1S/C24H26N4O/c29-23(12-17-4-3-5-17)27-10-8-24(16-27)9-11-28-22(24)14-21(26-28)19-13-18-6-1-2-7-20(18)25-15-19/h1-2,6-7,13-15,17H,3-5,8-12,16H2. The monoisotopic (exact) mass is 386 g/mol. The molecule has 2 aromatic heterocycles. The number of carbonyl (C=O) groups is 1. The van der Waals surface area contributed by atoms with E-state index in [0.717, 1.165) is 61.1 Å². The molecule has 1 aliphatic carbocycles. The van der Waals surface area contributed by atoms with Crippen molar-refractivity contribution >= 4 is 16.8 Å². The molecule has 5 heteroatoms. The van der Waals surface area contributed by atoms with Crippen molar-refractivity contribution in [2.75, 3.05) is 13.1 Å². The molecular formula is C24H26N4O. The minimum absolute atomic E-state index is 0.0881. The molecule has 1 saturated carbocycles. The first kappa shape index (κ1) is 17.2. The normalized spacial score (nSPS) is 23.7. The van der Waals surface area contributed by atoms with E-state index in [1.165, 1.54) is 25.0 Å². The van der Waals surface area contributed by atoms with Crippen LogP contribution in [0.15, 0.2) is 42.6 Å². The molecule has 1 aromatic carbocycles. The lowest BCUT2D eigenvalue weighted by Crippen LogP contribution is -2.35. The number of aromatic nitrogens is 3. The van der Waals surface area contributed by atoms with Crippen molar-refractivity contribution in [3.05, 3.63) is 48.3 Å². The summed E-state index contributed by atoms with van der Waals surface area (Å²) in [6.07, 6.45) is 8.61. The maximum atomic E-state index is 12.7. The fourth-order valence-corrected chi connectivity index (χ4v) is 5.39. The van der Waals surface area contributed by atoms with Crippen molar-refractivity contribution in [1.82, 2.24) is 19.7 Å². The summed E-state index contributed by atoms with van der Waals surface area (Å²) in [4.78, 5) is 19.5. The third-order valence-electron chi connectivity index (χ3n) is 7.41. The number of hydrogen-bond acceptors (Lipinski definition) is 3. The van der Waals surface area contributed by atoms with Crippen LogP contribution < -0.4 is 0 Å². The van der Waals surface area contributed by atoms with E-state index < -0.39 is 0 Å². The van der Waals surface area contributed by atoms with Crippen molar-refractivity contribution in [1.29, 1.82) is 0 Å². The summed E-state index contributed by atoms with van der Waals surface area (Å²) in [7, 11) is 0. The molecule has 5 nitrogen and oxygen atoms in total. The first-order valence-corrected chi connectivity index (χ1v) is 10.9. The van der Waals surface area contributed by atoms with Crippen LogP contribution in [-0.4, -0.2) is 38.7 Å². The van der Waals surface area contributed by atoms with Crippen LogP contribution in [-0.2, 0) is 16.8 Å². The van der Waals surface area contributed by atoms with Gasteiger partial charge in [-0.3, -0.25) is 14.5 Å². The smallest absolute Gasteiger partial charge is 0.222 e. The van der Waals surface area contributed by atoms with Crippen molar-refractivity contribution in [3.8, 4) is 11.3 Å². The Bertz CT molecular complexity index is 1100. The number of pyridine rings is 1. The molecule has 148 valence electrons. The predicted molar refractivity (Wildman–Crippen MR) is 112 cm³/mol. The number of rotatable bonds is 3. The van der Waals surface area contributed by atoms with Crippen LogP contribution in [0.25, 0.3) is 22.2 Å². The van der Waals surface area contributed by atoms with Crippen LogP contribution in [0.2, 0.25) is 0 Å². The molecule has 2 aliphatic heterocycles. The molecule has 4 heterocycles. The SMILES string of the molecule is O=C(CC1CCC1)N1CCC2(CCn3nc(-c4cnc5ccccc5c4)cc32)C1. The van der Waals surface area contributed by atoms with Crippen LogP contribution in [0, 0.1) is 5.92 Å². The molecule has 29 heavy (non-hydrogen) atoms. The number of likely N-dealkylation sites (tertiary alicyclic amines) is 1. The Labute approximate surface area is 170 Å². The van der Waals surface area contributed by atoms with Gasteiger partial charge in [-0.2, -0.15) is 5.10 Å². The summed E-state index contributed by atoms with van der Waals surface area (Å²) in [5.41, 5.74) is 4.47. The van der Waals surface area contributed by atoms with Gasteiger partial charge < -0.3 is 4.90 Å². The van der Waals surface area contributed by atoms with Crippen LogP contribution >= 0.6 is 0 Å². The average molecular weight is 386 g/mol. The van der Waals surface area contributed by atoms with Gasteiger partial charge in [-0.25, -0.2) is 0 Å². The Hall–Kier alpha value is -2.69. The van der Waals surface area contributed by atoms with E-state index in [4.69, 9.17) is 5.10 Å². The second-order valence-electron chi connectivity index (χ2n) is 9.15. The van der Waals surface area contributed by atoms with Crippen LogP contribution in [0.5, 0.6) is 0 Å². The number of nitrogens with zero attached hydrogens (tertiary/aromatic N) is 4. The molecule has 0 radical (unpaired) electrons. The number of amides is 1. The van der Waals surface area contributed by atoms with Crippen LogP contribution in [0.3, 0.4) is 0 Å². The summed E-state index contributed by atoms with van der Waals surface area (Å²) >= 11 is 0. The van der Waals surface area contributed by atoms with Gasteiger partial charge in [0.05, 0.1) is 11.2 Å². The maximum absolute atomic E-state index is 12.7. The average Bonchev–Trinajstić information content (AvgIpc) is 3.41. The van der Waals surface area contributed by atoms with Crippen LogP contribution in [0.4, 0.5) is 0 Å². The minimum atomic E-state index is 0.0881. The van der Waals surface area contributed by atoms with Gasteiger partial charge in [0.15, 0.2) is 0 Å². The van der Waals surface area contributed by atoms with Crippen molar-refractivity contribution < 1.29 is 4.79 Å². The zero-order valence-electron chi connectivity index (χ0n) is 16.7. The lowest BCUT2D eigenvalue weighted by atomic mass is 9.82. The van der Waals surface area contributed by atoms with Gasteiger partial charge in [0, 0.05) is 54.3 Å². The highest BCUT2D eigenvalue weighted by atomic mass is 16.2. The lowest BCUT2D eigenvalue weighted by Gasteiger charge is -2.28. The highest BCUT2D eigenvalue weighted by molar-refractivity contribution is 5.83. The Balaban J connectivity index is 1.26.